The quantitative estimate of drug-likeness (QED) is 0.794. The molecule has 0 saturated heterocycles. The first-order chi connectivity index (χ1) is 10.0. The molecule has 0 N–H and O–H groups in total. The van der Waals surface area contributed by atoms with E-state index >= 15 is 0 Å². The number of ether oxygens (including phenoxy) is 1. The molecule has 0 bridgehead atoms. The lowest BCUT2D eigenvalue weighted by atomic mass is 10.1. The third-order valence-electron chi connectivity index (χ3n) is 3.17. The van der Waals surface area contributed by atoms with Gasteiger partial charge in [-0.1, -0.05) is 23.7 Å². The van der Waals surface area contributed by atoms with Gasteiger partial charge in [-0.15, -0.1) is 0 Å². The van der Waals surface area contributed by atoms with E-state index in [1.807, 2.05) is 12.1 Å². The van der Waals surface area contributed by atoms with Crippen molar-refractivity contribution in [3.8, 4) is 5.75 Å². The van der Waals surface area contributed by atoms with Gasteiger partial charge in [-0.05, 0) is 39.7 Å². The number of nitrogens with zero attached hydrogens (tertiary/aromatic N) is 1. The van der Waals surface area contributed by atoms with Gasteiger partial charge in [0.25, 0.3) is 5.91 Å². The Hall–Kier alpha value is -1.59. The largest absolute Gasteiger partial charge is 0.480 e. The molecule has 0 fully saturated rings. The fourth-order valence-corrected chi connectivity index (χ4v) is 2.84. The molecule has 0 aromatic heterocycles. The Morgan fingerprint density at radius 3 is 2.71 bits per heavy atom. The van der Waals surface area contributed by atoms with Gasteiger partial charge >= 0.3 is 0 Å². The SMILES string of the molecule is O=C1COc2c(Br)cc(F)cc2N1Cc1ccc(Cl)cc1. The summed E-state index contributed by atoms with van der Waals surface area (Å²) in [6.07, 6.45) is 0. The molecule has 3 nitrogen and oxygen atoms in total. The smallest absolute Gasteiger partial charge is 0.265 e. The van der Waals surface area contributed by atoms with E-state index in [2.05, 4.69) is 15.9 Å². The van der Waals surface area contributed by atoms with Crippen LogP contribution >= 0.6 is 27.5 Å². The molecule has 108 valence electrons. The topological polar surface area (TPSA) is 29.5 Å². The molecule has 21 heavy (non-hydrogen) atoms. The molecule has 2 aromatic rings. The van der Waals surface area contributed by atoms with E-state index in [1.54, 1.807) is 12.1 Å². The van der Waals surface area contributed by atoms with Crippen LogP contribution in [-0.4, -0.2) is 12.5 Å². The fourth-order valence-electron chi connectivity index (χ4n) is 2.18. The molecule has 1 amide bonds. The molecule has 1 aliphatic rings. The van der Waals surface area contributed by atoms with Crippen molar-refractivity contribution in [3.05, 3.63) is 57.3 Å². The van der Waals surface area contributed by atoms with Crippen LogP contribution in [0.4, 0.5) is 10.1 Å². The number of amides is 1. The lowest BCUT2D eigenvalue weighted by Crippen LogP contribution is -2.38. The number of fused-ring (bicyclic) bond motifs is 1. The van der Waals surface area contributed by atoms with E-state index in [0.717, 1.165) is 5.56 Å². The Bertz CT molecular complexity index is 706. The van der Waals surface area contributed by atoms with Crippen molar-refractivity contribution in [3.63, 3.8) is 0 Å². The third-order valence-corrected chi connectivity index (χ3v) is 4.02. The van der Waals surface area contributed by atoms with Gasteiger partial charge in [-0.25, -0.2) is 4.39 Å². The Morgan fingerprint density at radius 2 is 2.00 bits per heavy atom. The van der Waals surface area contributed by atoms with Crippen molar-refractivity contribution >= 4 is 39.1 Å². The average molecular weight is 371 g/mol. The molecule has 0 spiro atoms. The van der Waals surface area contributed by atoms with Gasteiger partial charge in [0.05, 0.1) is 16.7 Å². The predicted molar refractivity (Wildman–Crippen MR) is 82.2 cm³/mol. The lowest BCUT2D eigenvalue weighted by Gasteiger charge is -2.30. The highest BCUT2D eigenvalue weighted by atomic mass is 79.9. The molecule has 0 unspecified atom stereocenters. The summed E-state index contributed by atoms with van der Waals surface area (Å²) in [5, 5.41) is 0.626. The molecule has 3 rings (SSSR count). The first-order valence-electron chi connectivity index (χ1n) is 6.21. The summed E-state index contributed by atoms with van der Waals surface area (Å²) in [4.78, 5) is 13.6. The van der Waals surface area contributed by atoms with Gasteiger partial charge in [0.1, 0.15) is 5.82 Å². The van der Waals surface area contributed by atoms with Crippen LogP contribution in [0.5, 0.6) is 5.75 Å². The summed E-state index contributed by atoms with van der Waals surface area (Å²) in [5.41, 5.74) is 1.33. The van der Waals surface area contributed by atoms with Crippen molar-refractivity contribution in [2.45, 2.75) is 6.54 Å². The van der Waals surface area contributed by atoms with Crippen LogP contribution in [0.1, 0.15) is 5.56 Å². The molecule has 0 radical (unpaired) electrons. The number of anilines is 1. The van der Waals surface area contributed by atoms with Gasteiger partial charge in [-0.2, -0.15) is 0 Å². The van der Waals surface area contributed by atoms with E-state index in [4.69, 9.17) is 16.3 Å². The minimum atomic E-state index is -0.431. The Kier molecular flexibility index (Phi) is 3.87. The standard InChI is InChI=1S/C15H10BrClFNO2/c16-12-5-11(18)6-13-15(12)21-8-14(20)19(13)7-9-1-3-10(17)4-2-9/h1-6H,7-8H2. The zero-order valence-corrected chi connectivity index (χ0v) is 13.1. The maximum absolute atomic E-state index is 13.6. The van der Waals surface area contributed by atoms with Crippen molar-refractivity contribution in [1.82, 2.24) is 0 Å². The van der Waals surface area contributed by atoms with Gasteiger partial charge in [0.15, 0.2) is 12.4 Å². The molecule has 0 aliphatic carbocycles. The number of halogens is 3. The highest BCUT2D eigenvalue weighted by Gasteiger charge is 2.28. The summed E-state index contributed by atoms with van der Waals surface area (Å²) >= 11 is 9.10. The van der Waals surface area contributed by atoms with Crippen LogP contribution in [0, 0.1) is 5.82 Å². The first-order valence-corrected chi connectivity index (χ1v) is 7.38. The van der Waals surface area contributed by atoms with Crippen LogP contribution in [0.15, 0.2) is 40.9 Å². The number of carbonyl (C=O) groups excluding carboxylic acids is 1. The first kappa shape index (κ1) is 14.4. The third kappa shape index (κ3) is 2.89. The van der Waals surface area contributed by atoms with Gasteiger partial charge < -0.3 is 9.64 Å². The maximum Gasteiger partial charge on any atom is 0.265 e. The fraction of sp³-hybridized carbons (Fsp3) is 0.133. The van der Waals surface area contributed by atoms with Crippen molar-refractivity contribution in [2.24, 2.45) is 0 Å². The van der Waals surface area contributed by atoms with Crippen LogP contribution in [0.3, 0.4) is 0 Å². The van der Waals surface area contributed by atoms with Crippen molar-refractivity contribution in [2.75, 3.05) is 11.5 Å². The molecule has 2 aromatic carbocycles. The van der Waals surface area contributed by atoms with Crippen molar-refractivity contribution < 1.29 is 13.9 Å². The minimum absolute atomic E-state index is 0.0647. The normalized spacial score (nSPS) is 13.9. The lowest BCUT2D eigenvalue weighted by molar-refractivity contribution is -0.121. The monoisotopic (exact) mass is 369 g/mol. The number of carbonyl (C=O) groups is 1. The maximum atomic E-state index is 13.6. The van der Waals surface area contributed by atoms with Gasteiger partial charge in [-0.3, -0.25) is 4.79 Å². The van der Waals surface area contributed by atoms with Crippen LogP contribution < -0.4 is 9.64 Å². The predicted octanol–water partition coefficient (Wildman–Crippen LogP) is 4.17. The van der Waals surface area contributed by atoms with E-state index in [-0.39, 0.29) is 12.5 Å². The summed E-state index contributed by atoms with van der Waals surface area (Å²) in [6, 6.07) is 9.79. The Morgan fingerprint density at radius 1 is 1.29 bits per heavy atom. The van der Waals surface area contributed by atoms with E-state index in [0.29, 0.717) is 27.5 Å². The van der Waals surface area contributed by atoms with Gasteiger partial charge in [0.2, 0.25) is 0 Å². The summed E-state index contributed by atoms with van der Waals surface area (Å²) in [6.45, 7) is 0.271. The van der Waals surface area contributed by atoms with Crippen LogP contribution in [-0.2, 0) is 11.3 Å². The second kappa shape index (κ2) is 5.66. The summed E-state index contributed by atoms with van der Waals surface area (Å²) < 4.78 is 19.5. The second-order valence-electron chi connectivity index (χ2n) is 4.63. The Balaban J connectivity index is 1.99. The number of hydrogen-bond acceptors (Lipinski definition) is 2. The summed E-state index contributed by atoms with van der Waals surface area (Å²) in [7, 11) is 0. The van der Waals surface area contributed by atoms with Crippen LogP contribution in [0.2, 0.25) is 5.02 Å². The van der Waals surface area contributed by atoms with Crippen molar-refractivity contribution in [1.29, 1.82) is 0 Å². The molecule has 0 saturated carbocycles. The number of hydrogen-bond donors (Lipinski definition) is 0. The zero-order valence-electron chi connectivity index (χ0n) is 10.8. The summed E-state index contributed by atoms with van der Waals surface area (Å²) in [5.74, 6) is -0.167. The van der Waals surface area contributed by atoms with E-state index in [1.165, 1.54) is 17.0 Å². The van der Waals surface area contributed by atoms with Gasteiger partial charge in [0, 0.05) is 11.1 Å². The molecule has 1 heterocycles. The zero-order chi connectivity index (χ0) is 15.0. The molecular formula is C15H10BrClFNO2. The second-order valence-corrected chi connectivity index (χ2v) is 5.92. The van der Waals surface area contributed by atoms with E-state index in [9.17, 15) is 9.18 Å². The number of benzene rings is 2. The highest BCUT2D eigenvalue weighted by molar-refractivity contribution is 9.10. The van der Waals surface area contributed by atoms with E-state index < -0.39 is 5.82 Å². The highest BCUT2D eigenvalue weighted by Crippen LogP contribution is 2.40. The number of rotatable bonds is 2. The molecule has 0 atom stereocenters. The molecular weight excluding hydrogens is 361 g/mol. The van der Waals surface area contributed by atoms with Crippen LogP contribution in [0.25, 0.3) is 0 Å². The minimum Gasteiger partial charge on any atom is -0.480 e. The molecule has 6 heteroatoms. The molecule has 1 aliphatic heterocycles. The Labute approximate surface area is 134 Å². The average Bonchev–Trinajstić information content (AvgIpc) is 2.44.